The Kier molecular flexibility index (Phi) is 8.74. The number of ketones is 5. The first-order valence-corrected chi connectivity index (χ1v) is 11.4. The minimum atomic E-state index is -2.13. The average Bonchev–Trinajstić information content (AvgIpc) is 3.22. The standard InChI is InChI=1S/C22H10Cl4N4O8/c23-8-3-11(25)17(12(26)4-8)30-16(33)6-15(29-30)28-13-5-9(1-2-10(13)24)27-22(38)21(37)20(36)19(35)18(34)14(32)7-31/h1-5,7H,6H2,(H,27,38)(H,28,29). The van der Waals surface area contributed by atoms with E-state index in [9.17, 15) is 38.4 Å². The van der Waals surface area contributed by atoms with Gasteiger partial charge in [0, 0.05) is 10.7 Å². The van der Waals surface area contributed by atoms with Crippen LogP contribution in [0.2, 0.25) is 20.1 Å². The number of rotatable bonds is 9. The third-order valence-corrected chi connectivity index (χ3v) is 5.75. The number of aldehydes is 1. The van der Waals surface area contributed by atoms with Gasteiger partial charge in [0.2, 0.25) is 0 Å². The predicted molar refractivity (Wildman–Crippen MR) is 136 cm³/mol. The van der Waals surface area contributed by atoms with Gasteiger partial charge in [0.15, 0.2) is 6.29 Å². The smallest absolute Gasteiger partial charge is 0.300 e. The van der Waals surface area contributed by atoms with Gasteiger partial charge < -0.3 is 10.6 Å². The molecule has 0 spiro atoms. The van der Waals surface area contributed by atoms with Gasteiger partial charge in [0.1, 0.15) is 11.5 Å². The van der Waals surface area contributed by atoms with Crippen molar-refractivity contribution in [1.82, 2.24) is 0 Å². The summed E-state index contributed by atoms with van der Waals surface area (Å²) in [6, 6.07) is 6.46. The van der Waals surface area contributed by atoms with Crippen molar-refractivity contribution in [2.75, 3.05) is 15.6 Å². The van der Waals surface area contributed by atoms with Crippen LogP contribution in [0.5, 0.6) is 0 Å². The van der Waals surface area contributed by atoms with Crippen LogP contribution in [0, 0.1) is 0 Å². The fraction of sp³-hybridized carbons (Fsp3) is 0.0455. The Morgan fingerprint density at radius 1 is 0.842 bits per heavy atom. The van der Waals surface area contributed by atoms with E-state index in [0.717, 1.165) is 5.01 Å². The van der Waals surface area contributed by atoms with Crippen molar-refractivity contribution in [1.29, 1.82) is 0 Å². The van der Waals surface area contributed by atoms with Crippen LogP contribution in [-0.4, -0.2) is 52.9 Å². The number of amides is 2. The van der Waals surface area contributed by atoms with E-state index in [4.69, 9.17) is 46.4 Å². The number of hydrazone groups is 1. The molecule has 0 unspecified atom stereocenters. The summed E-state index contributed by atoms with van der Waals surface area (Å²) in [7, 11) is 0. The maximum Gasteiger partial charge on any atom is 0.300 e. The average molecular weight is 600 g/mol. The molecule has 2 aromatic rings. The summed E-state index contributed by atoms with van der Waals surface area (Å²) in [5, 5.41) is 10.4. The minimum absolute atomic E-state index is 0.0681. The molecule has 1 aliphatic rings. The fourth-order valence-electron chi connectivity index (χ4n) is 2.93. The lowest BCUT2D eigenvalue weighted by molar-refractivity contribution is -0.152. The molecule has 16 heteroatoms. The molecule has 2 N–H and O–H groups in total. The molecular weight excluding hydrogens is 590 g/mol. The normalized spacial score (nSPS) is 12.5. The zero-order valence-corrected chi connectivity index (χ0v) is 21.4. The van der Waals surface area contributed by atoms with Crippen LogP contribution in [-0.2, 0) is 38.4 Å². The van der Waals surface area contributed by atoms with Crippen molar-refractivity contribution in [2.24, 2.45) is 5.10 Å². The number of Topliss-reactive ketones (excluding diaryl/α,β-unsaturated/α-hetero) is 5. The van der Waals surface area contributed by atoms with Crippen LogP contribution in [0.4, 0.5) is 17.1 Å². The van der Waals surface area contributed by atoms with E-state index >= 15 is 0 Å². The summed E-state index contributed by atoms with van der Waals surface area (Å²) in [6.45, 7) is 0. The molecule has 0 aromatic heterocycles. The van der Waals surface area contributed by atoms with Crippen LogP contribution in [0.25, 0.3) is 0 Å². The summed E-state index contributed by atoms with van der Waals surface area (Å²) >= 11 is 24.3. The van der Waals surface area contributed by atoms with Crippen LogP contribution in [0.3, 0.4) is 0 Å². The molecule has 2 amide bonds. The van der Waals surface area contributed by atoms with Crippen LogP contribution < -0.4 is 15.6 Å². The number of halogens is 4. The number of hydrogen-bond acceptors (Lipinski definition) is 10. The number of nitrogens with zero attached hydrogens (tertiary/aromatic N) is 2. The molecule has 0 saturated heterocycles. The Morgan fingerprint density at radius 3 is 2.05 bits per heavy atom. The molecule has 0 fully saturated rings. The second kappa shape index (κ2) is 11.6. The second-order valence-electron chi connectivity index (χ2n) is 7.22. The molecule has 1 aliphatic heterocycles. The van der Waals surface area contributed by atoms with E-state index in [2.05, 4.69) is 10.4 Å². The van der Waals surface area contributed by atoms with E-state index in [1.807, 2.05) is 5.32 Å². The molecule has 38 heavy (non-hydrogen) atoms. The molecule has 12 nitrogen and oxygen atoms in total. The third-order valence-electron chi connectivity index (χ3n) is 4.63. The summed E-state index contributed by atoms with van der Waals surface area (Å²) in [5.74, 6) is -12.1. The van der Waals surface area contributed by atoms with Gasteiger partial charge in [-0.15, -0.1) is 0 Å². The number of amidine groups is 1. The lowest BCUT2D eigenvalue weighted by Gasteiger charge is -2.15. The van der Waals surface area contributed by atoms with Crippen molar-refractivity contribution in [2.45, 2.75) is 6.42 Å². The molecule has 0 atom stereocenters. The molecule has 194 valence electrons. The lowest BCUT2D eigenvalue weighted by Crippen LogP contribution is -2.40. The Balaban J connectivity index is 1.77. The van der Waals surface area contributed by atoms with Crippen molar-refractivity contribution >= 4 is 116 Å². The van der Waals surface area contributed by atoms with E-state index in [0.29, 0.717) is 0 Å². The van der Waals surface area contributed by atoms with Crippen LogP contribution >= 0.6 is 46.4 Å². The van der Waals surface area contributed by atoms with Gasteiger partial charge in [-0.25, -0.2) is 0 Å². The summed E-state index contributed by atoms with van der Waals surface area (Å²) in [6.07, 6.45) is -0.745. The second-order valence-corrected chi connectivity index (χ2v) is 8.88. The van der Waals surface area contributed by atoms with Gasteiger partial charge in [-0.2, -0.15) is 10.1 Å². The summed E-state index contributed by atoms with van der Waals surface area (Å²) in [4.78, 5) is 92.5. The van der Waals surface area contributed by atoms with Gasteiger partial charge >= 0.3 is 0 Å². The molecule has 0 bridgehead atoms. The van der Waals surface area contributed by atoms with Gasteiger partial charge in [-0.05, 0) is 30.3 Å². The van der Waals surface area contributed by atoms with Crippen LogP contribution in [0.1, 0.15) is 6.42 Å². The van der Waals surface area contributed by atoms with Crippen molar-refractivity contribution in [3.05, 3.63) is 50.4 Å². The van der Waals surface area contributed by atoms with Gasteiger partial charge in [0.25, 0.3) is 40.7 Å². The number of hydrogen-bond donors (Lipinski definition) is 2. The quantitative estimate of drug-likeness (QED) is 0.249. The highest BCUT2D eigenvalue weighted by Crippen LogP contribution is 2.38. The van der Waals surface area contributed by atoms with Crippen molar-refractivity contribution in [3.8, 4) is 0 Å². The Morgan fingerprint density at radius 2 is 1.45 bits per heavy atom. The minimum Gasteiger partial charge on any atom is -0.341 e. The summed E-state index contributed by atoms with van der Waals surface area (Å²) in [5.41, 5.74) is 0.0989. The molecule has 2 aromatic carbocycles. The topological polar surface area (TPSA) is 176 Å². The highest BCUT2D eigenvalue weighted by molar-refractivity contribution is 6.95. The van der Waals surface area contributed by atoms with Gasteiger partial charge in [-0.3, -0.25) is 38.4 Å². The van der Waals surface area contributed by atoms with E-state index in [1.54, 1.807) is 0 Å². The molecule has 0 saturated carbocycles. The molecular formula is C22H10Cl4N4O8. The fourth-order valence-corrected chi connectivity index (χ4v) is 4.07. The van der Waals surface area contributed by atoms with Gasteiger partial charge in [-0.1, -0.05) is 46.4 Å². The Bertz CT molecular complexity index is 1480. The monoisotopic (exact) mass is 598 g/mol. The first kappa shape index (κ1) is 28.6. The SMILES string of the molecule is O=CC(=O)C(=O)C(=O)C(=O)C(=O)C(=O)Nc1ccc(Cl)c(NC2=NN(c3c(Cl)cc(Cl)cc3Cl)C(=O)C2)c1. The number of anilines is 3. The molecule has 0 aliphatic carbocycles. The molecule has 3 rings (SSSR count). The zero-order valence-electron chi connectivity index (χ0n) is 18.3. The number of carbonyl (C=O) groups excluding carboxylic acids is 8. The molecule has 1 heterocycles. The first-order valence-electron chi connectivity index (χ1n) is 9.93. The number of carbonyl (C=O) groups is 8. The Labute approximate surface area is 231 Å². The maximum absolute atomic E-state index is 12.5. The van der Waals surface area contributed by atoms with E-state index in [1.165, 1.54) is 30.3 Å². The largest absolute Gasteiger partial charge is 0.341 e. The maximum atomic E-state index is 12.5. The van der Waals surface area contributed by atoms with E-state index < -0.39 is 47.0 Å². The van der Waals surface area contributed by atoms with Crippen LogP contribution in [0.15, 0.2) is 35.4 Å². The van der Waals surface area contributed by atoms with Crippen molar-refractivity contribution < 1.29 is 38.4 Å². The summed E-state index contributed by atoms with van der Waals surface area (Å²) < 4.78 is 0. The predicted octanol–water partition coefficient (Wildman–Crippen LogP) is 2.45. The number of nitrogens with one attached hydrogen (secondary N) is 2. The van der Waals surface area contributed by atoms with E-state index in [-0.39, 0.29) is 49.4 Å². The third kappa shape index (κ3) is 6.11. The highest BCUT2D eigenvalue weighted by atomic mass is 35.5. The number of benzene rings is 2. The van der Waals surface area contributed by atoms with Gasteiger partial charge in [0.05, 0.1) is 27.2 Å². The lowest BCUT2D eigenvalue weighted by atomic mass is 10.1. The molecule has 0 radical (unpaired) electrons. The highest BCUT2D eigenvalue weighted by Gasteiger charge is 2.36. The van der Waals surface area contributed by atoms with Crippen molar-refractivity contribution in [3.63, 3.8) is 0 Å². The first-order chi connectivity index (χ1) is 17.8. The zero-order chi connectivity index (χ0) is 28.3. The Hall–Kier alpha value is -3.97.